The van der Waals surface area contributed by atoms with Gasteiger partial charge in [0, 0.05) is 6.61 Å². The van der Waals surface area contributed by atoms with Crippen LogP contribution in [-0.4, -0.2) is 29.7 Å². The summed E-state index contributed by atoms with van der Waals surface area (Å²) >= 11 is 0. The van der Waals surface area contributed by atoms with Crippen molar-refractivity contribution in [3.63, 3.8) is 0 Å². The second-order valence-corrected chi connectivity index (χ2v) is 6.46. The molecule has 22 heavy (non-hydrogen) atoms. The number of aliphatic hydroxyl groups excluding tert-OH is 2. The van der Waals surface area contributed by atoms with E-state index in [1.165, 1.54) is 83.5 Å². The Morgan fingerprint density at radius 1 is 0.636 bits per heavy atom. The second-order valence-electron chi connectivity index (χ2n) is 6.46. The smallest absolute Gasteiger partial charge is 0.177 e. The number of unbranched alkanes of at least 4 members (excludes halogenated alkanes) is 14. The quantitative estimate of drug-likeness (QED) is 0.270. The molecule has 0 aliphatic carbocycles. The van der Waals surface area contributed by atoms with Crippen molar-refractivity contribution in [3.05, 3.63) is 0 Å². The zero-order chi connectivity index (χ0) is 16.3. The van der Waals surface area contributed by atoms with Crippen LogP contribution in [0.5, 0.6) is 0 Å². The van der Waals surface area contributed by atoms with Crippen molar-refractivity contribution in [1.29, 1.82) is 0 Å². The summed E-state index contributed by atoms with van der Waals surface area (Å²) in [5.74, 6) is 0. The fourth-order valence-electron chi connectivity index (χ4n) is 2.75. The lowest BCUT2D eigenvalue weighted by atomic mass is 10.0. The number of hydrogen-bond donors (Lipinski definition) is 2. The monoisotopic (exact) mass is 316 g/mol. The minimum Gasteiger partial charge on any atom is -0.391 e. The van der Waals surface area contributed by atoms with Gasteiger partial charge in [-0.3, -0.25) is 0 Å². The summed E-state index contributed by atoms with van der Waals surface area (Å²) in [5, 5.41) is 17.6. The first-order valence-corrected chi connectivity index (χ1v) is 9.71. The Hall–Kier alpha value is -0.120. The maximum absolute atomic E-state index is 9.00. The number of ether oxygens (including phenoxy) is 1. The lowest BCUT2D eigenvalue weighted by Gasteiger charge is -2.08. The van der Waals surface area contributed by atoms with Gasteiger partial charge < -0.3 is 14.9 Å². The third-order valence-electron chi connectivity index (χ3n) is 4.21. The molecule has 0 heterocycles. The van der Waals surface area contributed by atoms with Gasteiger partial charge in [-0.1, -0.05) is 96.8 Å². The highest BCUT2D eigenvalue weighted by atomic mass is 16.6. The predicted octanol–water partition coefficient (Wildman–Crippen LogP) is 5.19. The minimum atomic E-state index is -0.994. The Morgan fingerprint density at radius 2 is 1.00 bits per heavy atom. The molecule has 0 fully saturated rings. The van der Waals surface area contributed by atoms with Crippen LogP contribution in [0, 0.1) is 0 Å². The molecule has 0 radical (unpaired) electrons. The zero-order valence-corrected chi connectivity index (χ0v) is 14.9. The highest BCUT2D eigenvalue weighted by Gasteiger charge is 2.00. The lowest BCUT2D eigenvalue weighted by Crippen LogP contribution is -2.16. The molecular weight excluding hydrogens is 276 g/mol. The van der Waals surface area contributed by atoms with E-state index in [1.807, 2.05) is 0 Å². The minimum absolute atomic E-state index is 0.307. The molecule has 0 saturated heterocycles. The maximum Gasteiger partial charge on any atom is 0.177 e. The molecule has 0 aromatic rings. The van der Waals surface area contributed by atoms with Crippen molar-refractivity contribution in [1.82, 2.24) is 0 Å². The molecule has 1 unspecified atom stereocenters. The van der Waals surface area contributed by atoms with Gasteiger partial charge in [-0.05, 0) is 6.42 Å². The molecule has 134 valence electrons. The van der Waals surface area contributed by atoms with Crippen LogP contribution in [0.1, 0.15) is 103 Å². The molecule has 0 spiro atoms. The van der Waals surface area contributed by atoms with E-state index >= 15 is 0 Å². The molecule has 0 aliphatic rings. The van der Waals surface area contributed by atoms with Gasteiger partial charge in [0.15, 0.2) is 6.29 Å². The van der Waals surface area contributed by atoms with E-state index in [0.29, 0.717) is 6.61 Å². The Kier molecular flexibility index (Phi) is 18.8. The van der Waals surface area contributed by atoms with Crippen LogP contribution < -0.4 is 0 Å². The third-order valence-corrected chi connectivity index (χ3v) is 4.21. The van der Waals surface area contributed by atoms with Gasteiger partial charge in [-0.25, -0.2) is 0 Å². The number of rotatable bonds is 18. The van der Waals surface area contributed by atoms with Crippen LogP contribution in [0.3, 0.4) is 0 Å². The van der Waals surface area contributed by atoms with E-state index in [2.05, 4.69) is 6.92 Å². The lowest BCUT2D eigenvalue weighted by molar-refractivity contribution is -0.125. The summed E-state index contributed by atoms with van der Waals surface area (Å²) in [7, 11) is 0. The van der Waals surface area contributed by atoms with Gasteiger partial charge in [-0.2, -0.15) is 0 Å². The third kappa shape index (κ3) is 17.9. The fraction of sp³-hybridized carbons (Fsp3) is 1.00. The summed E-state index contributed by atoms with van der Waals surface area (Å²) in [6, 6.07) is 0. The van der Waals surface area contributed by atoms with Crippen LogP contribution in [0.2, 0.25) is 0 Å². The van der Waals surface area contributed by atoms with Gasteiger partial charge in [0.1, 0.15) is 0 Å². The first-order chi connectivity index (χ1) is 10.8. The van der Waals surface area contributed by atoms with E-state index < -0.39 is 6.29 Å². The highest BCUT2D eigenvalue weighted by molar-refractivity contribution is 4.49. The van der Waals surface area contributed by atoms with Crippen molar-refractivity contribution in [2.75, 3.05) is 13.2 Å². The maximum atomic E-state index is 9.00. The van der Waals surface area contributed by atoms with Crippen LogP contribution in [0.4, 0.5) is 0 Å². The first kappa shape index (κ1) is 21.9. The Morgan fingerprint density at radius 3 is 1.36 bits per heavy atom. The molecule has 0 aromatic carbocycles. The molecule has 3 nitrogen and oxygen atoms in total. The van der Waals surface area contributed by atoms with Crippen LogP contribution in [0.25, 0.3) is 0 Å². The Labute approximate surface area is 138 Å². The summed E-state index contributed by atoms with van der Waals surface area (Å²) < 4.78 is 5.01. The van der Waals surface area contributed by atoms with Crippen molar-refractivity contribution >= 4 is 0 Å². The van der Waals surface area contributed by atoms with Crippen LogP contribution in [0.15, 0.2) is 0 Å². The summed E-state index contributed by atoms with van der Waals surface area (Å²) in [6.45, 7) is 2.52. The molecule has 0 rings (SSSR count). The highest BCUT2D eigenvalue weighted by Crippen LogP contribution is 2.13. The van der Waals surface area contributed by atoms with E-state index in [-0.39, 0.29) is 6.61 Å². The van der Waals surface area contributed by atoms with Crippen molar-refractivity contribution in [2.45, 2.75) is 110 Å². The van der Waals surface area contributed by atoms with Gasteiger partial charge in [0.25, 0.3) is 0 Å². The normalized spacial score (nSPS) is 12.7. The van der Waals surface area contributed by atoms with Crippen molar-refractivity contribution in [3.8, 4) is 0 Å². The molecule has 2 N–H and O–H groups in total. The Balaban J connectivity index is 2.97. The summed E-state index contributed by atoms with van der Waals surface area (Å²) in [4.78, 5) is 0. The average molecular weight is 317 g/mol. The molecule has 0 amide bonds. The summed E-state index contributed by atoms with van der Waals surface area (Å²) in [6.07, 6.45) is 19.2. The topological polar surface area (TPSA) is 49.7 Å². The van der Waals surface area contributed by atoms with E-state index in [1.54, 1.807) is 0 Å². The fourth-order valence-corrected chi connectivity index (χ4v) is 2.75. The zero-order valence-electron chi connectivity index (χ0n) is 14.9. The molecule has 3 heteroatoms. The molecular formula is C19H40O3. The van der Waals surface area contributed by atoms with E-state index in [4.69, 9.17) is 14.9 Å². The SMILES string of the molecule is CCCCCCCCCCCCCCCCCOC(O)CO. The van der Waals surface area contributed by atoms with Crippen LogP contribution in [-0.2, 0) is 4.74 Å². The Bertz CT molecular complexity index is 197. The van der Waals surface area contributed by atoms with Gasteiger partial charge in [0.2, 0.25) is 0 Å². The summed E-state index contributed by atoms with van der Waals surface area (Å²) in [5.41, 5.74) is 0. The molecule has 0 saturated carbocycles. The second kappa shape index (κ2) is 18.9. The molecule has 0 aliphatic heterocycles. The molecule has 0 aromatic heterocycles. The van der Waals surface area contributed by atoms with Crippen molar-refractivity contribution < 1.29 is 14.9 Å². The van der Waals surface area contributed by atoms with Gasteiger partial charge in [-0.15, -0.1) is 0 Å². The van der Waals surface area contributed by atoms with E-state index in [9.17, 15) is 0 Å². The number of hydrogen-bond acceptors (Lipinski definition) is 3. The molecule has 1 atom stereocenters. The average Bonchev–Trinajstić information content (AvgIpc) is 2.54. The number of aliphatic hydroxyl groups is 2. The predicted molar refractivity (Wildman–Crippen MR) is 94.0 cm³/mol. The van der Waals surface area contributed by atoms with E-state index in [0.717, 1.165) is 12.8 Å². The van der Waals surface area contributed by atoms with Gasteiger partial charge in [0.05, 0.1) is 6.61 Å². The van der Waals surface area contributed by atoms with Gasteiger partial charge >= 0.3 is 0 Å². The standard InChI is InChI=1S/C19H40O3/c1-2-3-4-5-6-7-8-9-10-11-12-13-14-15-16-17-22-19(21)18-20/h19-21H,2-18H2,1H3. The van der Waals surface area contributed by atoms with Crippen LogP contribution >= 0.6 is 0 Å². The molecule has 0 bridgehead atoms. The van der Waals surface area contributed by atoms with Crippen molar-refractivity contribution in [2.24, 2.45) is 0 Å². The largest absolute Gasteiger partial charge is 0.391 e. The first-order valence-electron chi connectivity index (χ1n) is 9.71.